The molecule has 2 aliphatic heterocycles. The highest BCUT2D eigenvalue weighted by Crippen LogP contribution is 2.21. The highest BCUT2D eigenvalue weighted by atomic mass is 16.4. The number of primary amides is 1. The van der Waals surface area contributed by atoms with Crippen molar-refractivity contribution < 1.29 is 19.5 Å². The molecular weight excluding hydrogens is 264 g/mol. The molecule has 20 heavy (non-hydrogen) atoms. The molecule has 0 aromatic heterocycles. The van der Waals surface area contributed by atoms with Gasteiger partial charge in [-0.25, -0.2) is 4.79 Å². The molecule has 2 heterocycles. The standard InChI is InChI=1S/C12H18N4O4/c1-2-10(17)15-5-8(6-15)16-4-3-14(12(19)20)7-9(16)11(13)18/h2,8-9H,1,3-7H2,(H2,13,18)(H,19,20). The van der Waals surface area contributed by atoms with E-state index >= 15 is 0 Å². The van der Waals surface area contributed by atoms with Gasteiger partial charge in [0.1, 0.15) is 6.04 Å². The molecule has 8 nitrogen and oxygen atoms in total. The lowest BCUT2D eigenvalue weighted by atomic mass is 10.0. The minimum atomic E-state index is -1.05. The Morgan fingerprint density at radius 3 is 2.30 bits per heavy atom. The Labute approximate surface area is 116 Å². The largest absolute Gasteiger partial charge is 0.465 e. The molecule has 0 bridgehead atoms. The van der Waals surface area contributed by atoms with Gasteiger partial charge in [0.25, 0.3) is 0 Å². The van der Waals surface area contributed by atoms with Crippen molar-refractivity contribution in [3.63, 3.8) is 0 Å². The Morgan fingerprint density at radius 1 is 1.15 bits per heavy atom. The molecule has 0 aromatic rings. The molecule has 3 N–H and O–H groups in total. The van der Waals surface area contributed by atoms with Gasteiger partial charge >= 0.3 is 6.09 Å². The van der Waals surface area contributed by atoms with Crippen molar-refractivity contribution in [2.24, 2.45) is 5.73 Å². The summed E-state index contributed by atoms with van der Waals surface area (Å²) in [5.74, 6) is -0.675. The molecule has 0 saturated carbocycles. The Morgan fingerprint density at radius 2 is 1.80 bits per heavy atom. The fourth-order valence-corrected chi connectivity index (χ4v) is 2.64. The van der Waals surface area contributed by atoms with Gasteiger partial charge in [-0.1, -0.05) is 6.58 Å². The second kappa shape index (κ2) is 5.49. The van der Waals surface area contributed by atoms with Gasteiger partial charge in [-0.05, 0) is 6.08 Å². The maximum absolute atomic E-state index is 11.5. The Hall–Kier alpha value is -2.09. The first kappa shape index (κ1) is 14.3. The van der Waals surface area contributed by atoms with Crippen molar-refractivity contribution in [3.05, 3.63) is 12.7 Å². The van der Waals surface area contributed by atoms with Gasteiger partial charge in [0, 0.05) is 38.8 Å². The van der Waals surface area contributed by atoms with Crippen LogP contribution in [0.2, 0.25) is 0 Å². The van der Waals surface area contributed by atoms with Gasteiger partial charge in [0.2, 0.25) is 11.8 Å². The molecule has 1 atom stereocenters. The Balaban J connectivity index is 1.98. The number of likely N-dealkylation sites (tertiary alicyclic amines) is 1. The van der Waals surface area contributed by atoms with E-state index in [0.29, 0.717) is 26.2 Å². The third-order valence-corrected chi connectivity index (χ3v) is 3.84. The molecule has 8 heteroatoms. The maximum Gasteiger partial charge on any atom is 0.407 e. The van der Waals surface area contributed by atoms with E-state index in [-0.39, 0.29) is 18.5 Å². The molecule has 2 fully saturated rings. The number of carboxylic acid groups (broad SMARTS) is 1. The van der Waals surface area contributed by atoms with Crippen LogP contribution in [-0.4, -0.2) is 82.5 Å². The van der Waals surface area contributed by atoms with Crippen LogP contribution in [0.15, 0.2) is 12.7 Å². The van der Waals surface area contributed by atoms with Crippen molar-refractivity contribution >= 4 is 17.9 Å². The van der Waals surface area contributed by atoms with E-state index in [9.17, 15) is 14.4 Å². The minimum absolute atomic E-state index is 0.0485. The highest BCUT2D eigenvalue weighted by Gasteiger charge is 2.42. The van der Waals surface area contributed by atoms with Crippen molar-refractivity contribution in [2.45, 2.75) is 12.1 Å². The smallest absolute Gasteiger partial charge is 0.407 e. The summed E-state index contributed by atoms with van der Waals surface area (Å²) in [5, 5.41) is 8.97. The van der Waals surface area contributed by atoms with Crippen LogP contribution in [0.4, 0.5) is 4.79 Å². The summed E-state index contributed by atoms with van der Waals surface area (Å²) < 4.78 is 0. The number of hydrogen-bond donors (Lipinski definition) is 2. The Kier molecular flexibility index (Phi) is 3.93. The minimum Gasteiger partial charge on any atom is -0.465 e. The summed E-state index contributed by atoms with van der Waals surface area (Å²) in [6.45, 7) is 5.32. The van der Waals surface area contributed by atoms with Crippen molar-refractivity contribution in [2.75, 3.05) is 32.7 Å². The van der Waals surface area contributed by atoms with Gasteiger partial charge in [-0.15, -0.1) is 0 Å². The molecule has 0 aromatic carbocycles. The first-order valence-electron chi connectivity index (χ1n) is 6.38. The fourth-order valence-electron chi connectivity index (χ4n) is 2.64. The molecule has 0 spiro atoms. The lowest BCUT2D eigenvalue weighted by molar-refractivity contribution is -0.138. The Bertz CT molecular complexity index is 447. The fraction of sp³-hybridized carbons (Fsp3) is 0.583. The van der Waals surface area contributed by atoms with Crippen molar-refractivity contribution in [1.29, 1.82) is 0 Å². The lowest BCUT2D eigenvalue weighted by Crippen LogP contribution is -2.69. The maximum atomic E-state index is 11.5. The monoisotopic (exact) mass is 282 g/mol. The predicted molar refractivity (Wildman–Crippen MR) is 69.9 cm³/mol. The molecule has 0 radical (unpaired) electrons. The lowest BCUT2D eigenvalue weighted by Gasteiger charge is -2.50. The van der Waals surface area contributed by atoms with E-state index in [1.807, 2.05) is 4.90 Å². The summed E-state index contributed by atoms with van der Waals surface area (Å²) in [6, 6.07) is -0.585. The second-order valence-corrected chi connectivity index (χ2v) is 4.99. The van der Waals surface area contributed by atoms with Crippen LogP contribution < -0.4 is 5.73 Å². The molecule has 2 aliphatic rings. The molecule has 2 saturated heterocycles. The molecule has 2 rings (SSSR count). The zero-order valence-electron chi connectivity index (χ0n) is 11.1. The number of rotatable bonds is 3. The summed E-state index contributed by atoms with van der Waals surface area (Å²) in [4.78, 5) is 38.6. The van der Waals surface area contributed by atoms with E-state index in [0.717, 1.165) is 0 Å². The van der Waals surface area contributed by atoms with Crippen LogP contribution >= 0.6 is 0 Å². The summed E-state index contributed by atoms with van der Waals surface area (Å²) in [7, 11) is 0. The number of hydrogen-bond acceptors (Lipinski definition) is 4. The predicted octanol–water partition coefficient (Wildman–Crippen LogP) is -1.47. The average Bonchev–Trinajstić information content (AvgIpc) is 2.36. The van der Waals surface area contributed by atoms with Crippen molar-refractivity contribution in [1.82, 2.24) is 14.7 Å². The molecule has 1 unspecified atom stereocenters. The zero-order chi connectivity index (χ0) is 14.9. The van der Waals surface area contributed by atoms with Gasteiger partial charge in [-0.3, -0.25) is 14.5 Å². The summed E-state index contributed by atoms with van der Waals surface area (Å²) in [5.41, 5.74) is 5.36. The van der Waals surface area contributed by atoms with Gasteiger partial charge in [0.15, 0.2) is 0 Å². The molecule has 110 valence electrons. The second-order valence-electron chi connectivity index (χ2n) is 4.99. The number of nitrogens with two attached hydrogens (primary N) is 1. The third kappa shape index (κ3) is 2.60. The number of piperazine rings is 1. The van der Waals surface area contributed by atoms with Crippen LogP contribution in [0.3, 0.4) is 0 Å². The number of carbonyl (C=O) groups is 3. The first-order chi connectivity index (χ1) is 9.43. The average molecular weight is 282 g/mol. The van der Waals surface area contributed by atoms with Crippen molar-refractivity contribution in [3.8, 4) is 0 Å². The number of carbonyl (C=O) groups excluding carboxylic acids is 2. The van der Waals surface area contributed by atoms with Gasteiger partial charge in [-0.2, -0.15) is 0 Å². The van der Waals surface area contributed by atoms with Gasteiger partial charge in [0.05, 0.1) is 0 Å². The molecule has 3 amide bonds. The van der Waals surface area contributed by atoms with E-state index in [2.05, 4.69) is 6.58 Å². The van der Waals surface area contributed by atoms with E-state index in [4.69, 9.17) is 10.8 Å². The van der Waals surface area contributed by atoms with E-state index < -0.39 is 18.0 Å². The quantitative estimate of drug-likeness (QED) is 0.615. The highest BCUT2D eigenvalue weighted by molar-refractivity contribution is 5.87. The van der Waals surface area contributed by atoms with Gasteiger partial charge < -0.3 is 20.6 Å². The topological polar surface area (TPSA) is 107 Å². The van der Waals surface area contributed by atoms with E-state index in [1.165, 1.54) is 11.0 Å². The molecule has 0 aliphatic carbocycles. The van der Waals surface area contributed by atoms with Crippen LogP contribution in [0.5, 0.6) is 0 Å². The van der Waals surface area contributed by atoms with Crippen LogP contribution in [0.1, 0.15) is 0 Å². The number of nitrogens with zero attached hydrogens (tertiary/aromatic N) is 3. The third-order valence-electron chi connectivity index (χ3n) is 3.84. The zero-order valence-corrected chi connectivity index (χ0v) is 11.1. The first-order valence-corrected chi connectivity index (χ1v) is 6.38. The molecular formula is C12H18N4O4. The number of amides is 3. The SMILES string of the molecule is C=CC(=O)N1CC(N2CCN(C(=O)O)CC2C(N)=O)C1. The van der Waals surface area contributed by atoms with Crippen LogP contribution in [0.25, 0.3) is 0 Å². The van der Waals surface area contributed by atoms with Crippen LogP contribution in [-0.2, 0) is 9.59 Å². The summed E-state index contributed by atoms with van der Waals surface area (Å²) >= 11 is 0. The van der Waals surface area contributed by atoms with Crippen LogP contribution in [0, 0.1) is 0 Å². The normalized spacial score (nSPS) is 24.1. The van der Waals surface area contributed by atoms with E-state index in [1.54, 1.807) is 4.90 Å². The summed E-state index contributed by atoms with van der Waals surface area (Å²) in [6.07, 6.45) is 0.206.